The normalized spacial score (nSPS) is 19.7. The van der Waals surface area contributed by atoms with Crippen molar-refractivity contribution in [2.75, 3.05) is 0 Å². The molecule has 0 spiro atoms. The first-order valence-corrected chi connectivity index (χ1v) is 10.2. The Hall–Kier alpha value is -2.63. The summed E-state index contributed by atoms with van der Waals surface area (Å²) in [5.41, 5.74) is 5.24. The van der Waals surface area contributed by atoms with Crippen LogP contribution in [0.3, 0.4) is 0 Å². The molecule has 2 bridgehead atoms. The fourth-order valence-electron chi connectivity index (χ4n) is 4.75. The third-order valence-corrected chi connectivity index (χ3v) is 7.56. The molecule has 3 aromatic heterocycles. The lowest BCUT2D eigenvalue weighted by molar-refractivity contribution is 0.0371. The van der Waals surface area contributed by atoms with Gasteiger partial charge >= 0.3 is 5.63 Å². The highest BCUT2D eigenvalue weighted by molar-refractivity contribution is 7.17. The van der Waals surface area contributed by atoms with Crippen molar-refractivity contribution in [1.82, 2.24) is 0 Å². The molecule has 3 aliphatic rings. The summed E-state index contributed by atoms with van der Waals surface area (Å²) in [4.78, 5) is 12.4. The minimum Gasteiger partial charge on any atom is -0.290 e. The fraction of sp³-hybridized carbons (Fsp3) is 0.0952. The second-order valence-corrected chi connectivity index (χ2v) is 8.87. The Morgan fingerprint density at radius 1 is 0.731 bits per heavy atom. The molecule has 0 fully saturated rings. The topological polar surface area (TPSA) is 43.4 Å². The molecule has 0 aliphatic heterocycles. The number of hydrogen-bond donors (Lipinski definition) is 0. The van der Waals surface area contributed by atoms with Gasteiger partial charge in [0.1, 0.15) is 0 Å². The van der Waals surface area contributed by atoms with Crippen LogP contribution in [0.1, 0.15) is 45.4 Å². The van der Waals surface area contributed by atoms with Crippen molar-refractivity contribution in [3.63, 3.8) is 0 Å². The molecule has 0 N–H and O–H groups in total. The van der Waals surface area contributed by atoms with Gasteiger partial charge in [-0.05, 0) is 80.2 Å². The molecule has 3 heterocycles. The molecule has 3 nitrogen and oxygen atoms in total. The second kappa shape index (κ2) is 4.37. The van der Waals surface area contributed by atoms with Gasteiger partial charge in [0.25, 0.3) is 0 Å². The minimum atomic E-state index is -0.344. The van der Waals surface area contributed by atoms with Gasteiger partial charge in [-0.15, -0.1) is 22.7 Å². The average Bonchev–Trinajstić information content (AvgIpc) is 3.37. The van der Waals surface area contributed by atoms with E-state index in [0.29, 0.717) is 11.3 Å². The standard InChI is InChI=1S/C21H10O3S2/c22-21-19-17-11-5-9-1-3-26-16(9)8-14(11)18(20(19)23-24-21)12-6-10-2-4-25-15(10)7-13(12)17/h1-8,17-18H. The maximum Gasteiger partial charge on any atom is 0.386 e. The van der Waals surface area contributed by atoms with Crippen molar-refractivity contribution in [2.45, 2.75) is 11.8 Å². The zero-order valence-corrected chi connectivity index (χ0v) is 14.9. The Kier molecular flexibility index (Phi) is 2.28. The lowest BCUT2D eigenvalue weighted by Crippen LogP contribution is -2.29. The largest absolute Gasteiger partial charge is 0.386 e. The van der Waals surface area contributed by atoms with E-state index in [-0.39, 0.29) is 17.5 Å². The highest BCUT2D eigenvalue weighted by atomic mass is 32.1. The molecule has 26 heavy (non-hydrogen) atoms. The number of thiophene rings is 2. The van der Waals surface area contributed by atoms with Crippen molar-refractivity contribution in [3.05, 3.63) is 91.2 Å². The maximum atomic E-state index is 12.4. The molecule has 3 aliphatic carbocycles. The maximum absolute atomic E-state index is 12.4. The minimum absolute atomic E-state index is 0.0674. The van der Waals surface area contributed by atoms with E-state index < -0.39 is 0 Å². The van der Waals surface area contributed by atoms with Gasteiger partial charge in [-0.25, -0.2) is 9.37 Å². The van der Waals surface area contributed by atoms with Crippen LogP contribution in [0.15, 0.2) is 61.1 Å². The van der Waals surface area contributed by atoms with E-state index in [0.717, 1.165) is 0 Å². The highest BCUT2D eigenvalue weighted by Gasteiger charge is 2.47. The molecular formula is C21H10O3S2. The third kappa shape index (κ3) is 1.44. The number of hydrogen-bond acceptors (Lipinski definition) is 5. The van der Waals surface area contributed by atoms with Crippen molar-refractivity contribution < 1.29 is 9.15 Å². The highest BCUT2D eigenvalue weighted by Crippen LogP contribution is 2.56. The van der Waals surface area contributed by atoms with Crippen LogP contribution in [-0.2, 0) is 0 Å². The first-order valence-electron chi connectivity index (χ1n) is 8.44. The summed E-state index contributed by atoms with van der Waals surface area (Å²) < 4.78 is 13.0. The van der Waals surface area contributed by atoms with Crippen LogP contribution < -0.4 is 5.63 Å². The van der Waals surface area contributed by atoms with E-state index >= 15 is 0 Å². The summed E-state index contributed by atoms with van der Waals surface area (Å²) in [6, 6.07) is 13.3. The van der Waals surface area contributed by atoms with Crippen LogP contribution >= 0.6 is 22.7 Å². The van der Waals surface area contributed by atoms with Crippen LogP contribution in [0.5, 0.6) is 0 Å². The lowest BCUT2D eigenvalue weighted by Gasteiger charge is -2.37. The van der Waals surface area contributed by atoms with Gasteiger partial charge in [-0.2, -0.15) is 0 Å². The fourth-order valence-corrected chi connectivity index (χ4v) is 6.39. The molecule has 5 heteroatoms. The van der Waals surface area contributed by atoms with Gasteiger partial charge in [-0.3, -0.25) is 4.58 Å². The van der Waals surface area contributed by atoms with E-state index in [9.17, 15) is 4.79 Å². The number of rotatable bonds is 0. The zero-order valence-electron chi connectivity index (χ0n) is 13.3. The number of benzene rings is 2. The second-order valence-electron chi connectivity index (χ2n) is 6.98. The van der Waals surface area contributed by atoms with Gasteiger partial charge in [0.05, 0.1) is 11.5 Å². The van der Waals surface area contributed by atoms with Gasteiger partial charge < -0.3 is 0 Å². The molecule has 2 atom stereocenters. The van der Waals surface area contributed by atoms with E-state index in [4.69, 9.17) is 9.15 Å². The summed E-state index contributed by atoms with van der Waals surface area (Å²) in [6.07, 6.45) is 0. The van der Waals surface area contributed by atoms with Crippen molar-refractivity contribution >= 4 is 42.8 Å². The summed E-state index contributed by atoms with van der Waals surface area (Å²) in [5, 5.41) is 6.71. The summed E-state index contributed by atoms with van der Waals surface area (Å²) in [5.74, 6) is 0.513. The van der Waals surface area contributed by atoms with Crippen LogP contribution in [0, 0.1) is 0 Å². The van der Waals surface area contributed by atoms with E-state index in [1.165, 1.54) is 42.4 Å². The SMILES string of the molecule is O=c1ooc2c1C1c3cc4ccsc4cc3C2c2cc3ccsc3cc21. The molecule has 5 aromatic rings. The molecule has 0 saturated carbocycles. The monoisotopic (exact) mass is 374 g/mol. The Balaban J connectivity index is 1.67. The molecule has 124 valence electrons. The van der Waals surface area contributed by atoms with Gasteiger partial charge in [0, 0.05) is 15.3 Å². The zero-order chi connectivity index (χ0) is 17.0. The summed E-state index contributed by atoms with van der Waals surface area (Å²) in [6.45, 7) is 0. The van der Waals surface area contributed by atoms with Crippen molar-refractivity contribution in [1.29, 1.82) is 0 Å². The average molecular weight is 374 g/mol. The smallest absolute Gasteiger partial charge is 0.290 e. The molecule has 2 aromatic carbocycles. The van der Waals surface area contributed by atoms with Crippen LogP contribution in [0.2, 0.25) is 0 Å². The van der Waals surface area contributed by atoms with Gasteiger partial charge in [-0.1, -0.05) is 0 Å². The number of fused-ring (bicyclic) bond motifs is 2. The molecule has 0 saturated heterocycles. The first-order chi connectivity index (χ1) is 12.8. The Bertz CT molecular complexity index is 1350. The third-order valence-electron chi connectivity index (χ3n) is 5.80. The molecule has 0 radical (unpaired) electrons. The Morgan fingerprint density at radius 2 is 1.31 bits per heavy atom. The molecule has 8 rings (SSSR count). The lowest BCUT2D eigenvalue weighted by atomic mass is 9.63. The molecular weight excluding hydrogens is 364 g/mol. The predicted molar refractivity (Wildman–Crippen MR) is 103 cm³/mol. The van der Waals surface area contributed by atoms with Crippen LogP contribution in [0.25, 0.3) is 20.2 Å². The first kappa shape index (κ1) is 13.6. The Labute approximate surface area is 155 Å². The van der Waals surface area contributed by atoms with E-state index in [2.05, 4.69) is 47.2 Å². The predicted octanol–water partition coefficient (Wildman–Crippen LogP) is 5.65. The van der Waals surface area contributed by atoms with Gasteiger partial charge in [0.15, 0.2) is 5.76 Å². The quantitative estimate of drug-likeness (QED) is 0.322. The van der Waals surface area contributed by atoms with Gasteiger partial charge in [0.2, 0.25) is 0 Å². The van der Waals surface area contributed by atoms with E-state index in [1.807, 2.05) is 0 Å². The summed E-state index contributed by atoms with van der Waals surface area (Å²) in [7, 11) is 0. The Morgan fingerprint density at radius 3 is 2.00 bits per heavy atom. The van der Waals surface area contributed by atoms with Crippen LogP contribution in [-0.4, -0.2) is 0 Å². The summed E-state index contributed by atoms with van der Waals surface area (Å²) >= 11 is 3.48. The van der Waals surface area contributed by atoms with Crippen molar-refractivity contribution in [3.8, 4) is 0 Å². The van der Waals surface area contributed by atoms with Crippen molar-refractivity contribution in [2.24, 2.45) is 0 Å². The molecule has 2 unspecified atom stereocenters. The van der Waals surface area contributed by atoms with Crippen LogP contribution in [0.4, 0.5) is 0 Å². The molecule has 0 amide bonds. The van der Waals surface area contributed by atoms with E-state index in [1.54, 1.807) is 22.7 Å².